The molecule has 1 amide bonds. The molecule has 1 fully saturated rings. The van der Waals surface area contributed by atoms with Crippen LogP contribution in [-0.4, -0.2) is 71.9 Å². The van der Waals surface area contributed by atoms with Gasteiger partial charge in [0.25, 0.3) is 0 Å². The van der Waals surface area contributed by atoms with Gasteiger partial charge in [0.2, 0.25) is 5.91 Å². The number of carbonyl (C=O) groups excluding carboxylic acids is 1. The molecule has 1 aliphatic heterocycles. The van der Waals surface area contributed by atoms with Crippen molar-refractivity contribution in [2.75, 3.05) is 11.9 Å². The summed E-state index contributed by atoms with van der Waals surface area (Å²) < 4.78 is 0. The fraction of sp³-hybridized carbons (Fsp3) is 0.364. The molecule has 4 heterocycles. The van der Waals surface area contributed by atoms with Gasteiger partial charge in [-0.1, -0.05) is 5.11 Å². The van der Waals surface area contributed by atoms with E-state index >= 15 is 0 Å². The molecular formula is C22H28B3N7O. The number of nitrogens with zero attached hydrogens (tertiary/aromatic N) is 6. The fourth-order valence-corrected chi connectivity index (χ4v) is 4.48. The first-order valence-corrected chi connectivity index (χ1v) is 11.3. The summed E-state index contributed by atoms with van der Waals surface area (Å²) in [5, 5.41) is 3.38. The molecule has 1 aliphatic rings. The van der Waals surface area contributed by atoms with Gasteiger partial charge in [-0.2, -0.15) is 0 Å². The van der Waals surface area contributed by atoms with Crippen LogP contribution in [0.2, 0.25) is 5.11 Å². The van der Waals surface area contributed by atoms with Crippen molar-refractivity contribution < 1.29 is 4.79 Å². The van der Waals surface area contributed by atoms with E-state index in [4.69, 9.17) is 9.97 Å². The Hall–Kier alpha value is -3.23. The zero-order valence-electron chi connectivity index (χ0n) is 19.9. The lowest BCUT2D eigenvalue weighted by atomic mass is 9.38. The summed E-state index contributed by atoms with van der Waals surface area (Å²) in [7, 11) is 6.57. The van der Waals surface area contributed by atoms with Crippen LogP contribution in [0.1, 0.15) is 37.1 Å². The predicted octanol–water partition coefficient (Wildman–Crippen LogP) is 0.448. The van der Waals surface area contributed by atoms with Crippen LogP contribution in [0, 0.1) is 6.92 Å². The fourth-order valence-electron chi connectivity index (χ4n) is 4.48. The van der Waals surface area contributed by atoms with Crippen LogP contribution in [0.5, 0.6) is 0 Å². The van der Waals surface area contributed by atoms with Crippen LogP contribution in [0.3, 0.4) is 0 Å². The number of anilines is 2. The average Bonchev–Trinajstić information content (AvgIpc) is 2.78. The Labute approximate surface area is 197 Å². The van der Waals surface area contributed by atoms with E-state index in [1.165, 1.54) is 0 Å². The third kappa shape index (κ3) is 5.41. The van der Waals surface area contributed by atoms with Gasteiger partial charge >= 0.3 is 0 Å². The molecule has 0 aromatic carbocycles. The molecule has 0 radical (unpaired) electrons. The molecular weight excluding hydrogens is 411 g/mol. The molecule has 1 saturated heterocycles. The smallest absolute Gasteiger partial charge is 0.219 e. The molecule has 33 heavy (non-hydrogen) atoms. The van der Waals surface area contributed by atoms with E-state index in [0.717, 1.165) is 24.1 Å². The van der Waals surface area contributed by atoms with Gasteiger partial charge in [-0.15, -0.1) is 0 Å². The summed E-state index contributed by atoms with van der Waals surface area (Å²) in [4.78, 5) is 37.1. The van der Waals surface area contributed by atoms with Crippen LogP contribution in [0.15, 0.2) is 43.1 Å². The van der Waals surface area contributed by atoms with Gasteiger partial charge in [0.1, 0.15) is 17.3 Å². The van der Waals surface area contributed by atoms with Gasteiger partial charge in [-0.05, 0) is 31.4 Å². The van der Waals surface area contributed by atoms with Crippen molar-refractivity contribution in [2.24, 2.45) is 0 Å². The Bertz CT molecular complexity index is 1140. The Morgan fingerprint density at radius 1 is 1.06 bits per heavy atom. The van der Waals surface area contributed by atoms with Gasteiger partial charge in [0.15, 0.2) is 0 Å². The number of nitrogens with one attached hydrogen (secondary N) is 1. The number of hydrogen-bond acceptors (Lipinski definition) is 7. The maximum absolute atomic E-state index is 12.5. The molecule has 0 saturated carbocycles. The SMILES string of the molecule is BC(B)(B)C1CC[C@H](c2nc(Nc3cncc(C)c3)cc(-c3cnccn3)n2)CN1C(C)=O. The molecule has 0 bridgehead atoms. The number of hydrogen-bond donors (Lipinski definition) is 1. The van der Waals surface area contributed by atoms with Crippen LogP contribution in [0.25, 0.3) is 11.4 Å². The Morgan fingerprint density at radius 2 is 1.88 bits per heavy atom. The third-order valence-electron chi connectivity index (χ3n) is 6.07. The van der Waals surface area contributed by atoms with E-state index in [9.17, 15) is 4.79 Å². The maximum Gasteiger partial charge on any atom is 0.219 e. The van der Waals surface area contributed by atoms with Gasteiger partial charge in [0.05, 0.1) is 47.3 Å². The number of likely N-dealkylation sites (tertiary alicyclic amines) is 1. The minimum absolute atomic E-state index is 0.0177. The number of amides is 1. The Morgan fingerprint density at radius 3 is 2.55 bits per heavy atom. The number of pyridine rings is 1. The van der Waals surface area contributed by atoms with E-state index in [-0.39, 0.29) is 23.0 Å². The molecule has 3 aromatic rings. The Balaban J connectivity index is 1.70. The predicted molar refractivity (Wildman–Crippen MR) is 137 cm³/mol. The van der Waals surface area contributed by atoms with Crippen molar-refractivity contribution in [1.82, 2.24) is 29.8 Å². The number of aromatic nitrogens is 5. The van der Waals surface area contributed by atoms with E-state index < -0.39 is 0 Å². The second-order valence-corrected chi connectivity index (χ2v) is 9.79. The largest absolute Gasteiger partial charge is 0.341 e. The highest BCUT2D eigenvalue weighted by molar-refractivity contribution is 6.59. The second kappa shape index (κ2) is 9.33. The zero-order chi connectivity index (χ0) is 23.6. The molecule has 4 rings (SSSR count). The van der Waals surface area contributed by atoms with Crippen LogP contribution in [0.4, 0.5) is 11.5 Å². The molecule has 3 aromatic heterocycles. The summed E-state index contributed by atoms with van der Waals surface area (Å²) in [6, 6.07) is 4.09. The van der Waals surface area contributed by atoms with E-state index in [1.807, 2.05) is 30.2 Å². The van der Waals surface area contributed by atoms with Crippen molar-refractivity contribution in [2.45, 2.75) is 43.8 Å². The molecule has 1 N–H and O–H groups in total. The zero-order valence-corrected chi connectivity index (χ0v) is 19.9. The molecule has 0 aliphatic carbocycles. The minimum atomic E-state index is 0.0177. The van der Waals surface area contributed by atoms with Gasteiger partial charge in [0, 0.05) is 50.1 Å². The summed E-state index contributed by atoms with van der Waals surface area (Å²) in [5.74, 6) is 1.51. The first-order valence-electron chi connectivity index (χ1n) is 11.3. The first-order chi connectivity index (χ1) is 15.7. The highest BCUT2D eigenvalue weighted by Gasteiger charge is 2.38. The first kappa shape index (κ1) is 23.0. The highest BCUT2D eigenvalue weighted by atomic mass is 16.2. The molecule has 11 heteroatoms. The minimum Gasteiger partial charge on any atom is -0.341 e. The van der Waals surface area contributed by atoms with E-state index in [2.05, 4.69) is 43.8 Å². The summed E-state index contributed by atoms with van der Waals surface area (Å²) in [5.41, 5.74) is 3.29. The lowest BCUT2D eigenvalue weighted by Crippen LogP contribution is -2.52. The van der Waals surface area contributed by atoms with Crippen molar-refractivity contribution in [3.63, 3.8) is 0 Å². The number of piperidine rings is 1. The number of aryl methyl sites for hydroxylation is 1. The molecule has 1 unspecified atom stereocenters. The number of carbonyl (C=O) groups is 1. The average molecular weight is 439 g/mol. The molecule has 166 valence electrons. The van der Waals surface area contributed by atoms with Gasteiger partial charge in [-0.3, -0.25) is 19.7 Å². The lowest BCUT2D eigenvalue weighted by molar-refractivity contribution is -0.132. The lowest BCUT2D eigenvalue weighted by Gasteiger charge is -2.45. The molecule has 8 nitrogen and oxygen atoms in total. The van der Waals surface area contributed by atoms with Gasteiger partial charge in [-0.25, -0.2) is 9.97 Å². The van der Waals surface area contributed by atoms with Crippen molar-refractivity contribution in [3.05, 3.63) is 54.5 Å². The quantitative estimate of drug-likeness (QED) is 0.577. The van der Waals surface area contributed by atoms with Crippen LogP contribution >= 0.6 is 0 Å². The second-order valence-electron chi connectivity index (χ2n) is 9.79. The molecule has 0 spiro atoms. The van der Waals surface area contributed by atoms with Crippen molar-refractivity contribution >= 4 is 41.0 Å². The van der Waals surface area contributed by atoms with Crippen LogP contribution < -0.4 is 5.32 Å². The van der Waals surface area contributed by atoms with Crippen molar-refractivity contribution in [3.8, 4) is 11.4 Å². The maximum atomic E-state index is 12.5. The number of rotatable bonds is 5. The van der Waals surface area contributed by atoms with Crippen molar-refractivity contribution in [1.29, 1.82) is 0 Å². The summed E-state index contributed by atoms with van der Waals surface area (Å²) in [6.07, 6.45) is 10.4. The molecule has 2 atom stereocenters. The summed E-state index contributed by atoms with van der Waals surface area (Å²) in [6.45, 7) is 4.25. The summed E-state index contributed by atoms with van der Waals surface area (Å²) >= 11 is 0. The normalized spacial score (nSPS) is 18.7. The van der Waals surface area contributed by atoms with Gasteiger partial charge < -0.3 is 10.2 Å². The Kier molecular flexibility index (Phi) is 6.49. The van der Waals surface area contributed by atoms with E-state index in [0.29, 0.717) is 29.6 Å². The topological polar surface area (TPSA) is 96.8 Å². The monoisotopic (exact) mass is 439 g/mol. The van der Waals surface area contributed by atoms with E-state index in [1.54, 1.807) is 31.7 Å². The standard InChI is InChI=1S/C22H28B3N7O/c1-13-7-16(10-27-9-13)29-20-8-17(18-11-26-5-6-28-18)30-21(31-20)15-3-4-19(22(23,24)25)32(12-15)14(2)33/h5-11,15,19H,3-4,12,23-25H2,1-2H3,(H,29,30,31)/t15-,19?/m0/s1. The van der Waals surface area contributed by atoms with Crippen LogP contribution in [-0.2, 0) is 4.79 Å². The third-order valence-corrected chi connectivity index (χ3v) is 6.07. The highest BCUT2D eigenvalue weighted by Crippen LogP contribution is 2.36.